The first-order valence-corrected chi connectivity index (χ1v) is 19.3. The molecule has 1 aliphatic heterocycles. The largest absolute Gasteiger partial charge is 0.445 e. The van der Waals surface area contributed by atoms with Crippen LogP contribution in [0.3, 0.4) is 0 Å². The van der Waals surface area contributed by atoms with Crippen LogP contribution in [0, 0.1) is 0 Å². The van der Waals surface area contributed by atoms with E-state index in [1.165, 1.54) is 23.9 Å². The zero-order valence-corrected chi connectivity index (χ0v) is 32.1. The summed E-state index contributed by atoms with van der Waals surface area (Å²) < 4.78 is 33.4. The summed E-state index contributed by atoms with van der Waals surface area (Å²) in [6, 6.07) is 5.18. The Bertz CT molecular complexity index is 1540. The highest BCUT2D eigenvalue weighted by Gasteiger charge is 2.35. The molecule has 1 aliphatic rings. The smallest absolute Gasteiger partial charge is 0.415 e. The monoisotopic (exact) mass is 768 g/mol. The van der Waals surface area contributed by atoms with E-state index < -0.39 is 64.1 Å². The van der Waals surface area contributed by atoms with Crippen molar-refractivity contribution in [3.05, 3.63) is 29.8 Å². The molecule has 18 nitrogen and oxygen atoms in total. The lowest BCUT2D eigenvalue weighted by atomic mass is 10.1. The van der Waals surface area contributed by atoms with Gasteiger partial charge in [0.1, 0.15) is 28.2 Å². The molecule has 53 heavy (non-hydrogen) atoms. The van der Waals surface area contributed by atoms with Crippen molar-refractivity contribution in [3.8, 4) is 5.75 Å². The van der Waals surface area contributed by atoms with Crippen molar-refractivity contribution in [3.63, 3.8) is 0 Å². The Balaban J connectivity index is 1.86. The molecule has 1 heterocycles. The van der Waals surface area contributed by atoms with Gasteiger partial charge in [0.15, 0.2) is 0 Å². The van der Waals surface area contributed by atoms with Gasteiger partial charge in [0.25, 0.3) is 11.8 Å². The van der Waals surface area contributed by atoms with Crippen LogP contribution in [0.1, 0.15) is 56.9 Å². The maximum atomic E-state index is 13.2. The van der Waals surface area contributed by atoms with Crippen molar-refractivity contribution in [2.75, 3.05) is 73.4 Å². The Morgan fingerprint density at radius 2 is 1.45 bits per heavy atom. The van der Waals surface area contributed by atoms with E-state index in [1.54, 1.807) is 31.3 Å². The normalized spacial score (nSPS) is 13.4. The molecule has 0 aliphatic carbocycles. The molecule has 0 saturated carbocycles. The molecule has 1 atom stereocenters. The second-order valence-corrected chi connectivity index (χ2v) is 15.3. The number of hydrogen-bond donors (Lipinski definition) is 1. The molecule has 19 heteroatoms. The van der Waals surface area contributed by atoms with Crippen LogP contribution < -0.4 is 10.1 Å². The lowest BCUT2D eigenvalue weighted by Gasteiger charge is -2.27. The van der Waals surface area contributed by atoms with Crippen molar-refractivity contribution in [2.24, 2.45) is 0 Å². The number of unbranched alkanes of at least 4 members (excludes halogenated alkanes) is 2. The fourth-order valence-electron chi connectivity index (χ4n) is 4.79. The van der Waals surface area contributed by atoms with Gasteiger partial charge in [0, 0.05) is 78.6 Å². The van der Waals surface area contributed by atoms with E-state index in [0.717, 1.165) is 11.2 Å². The minimum atomic E-state index is -3.14. The summed E-state index contributed by atoms with van der Waals surface area (Å²) >= 11 is 0. The Labute approximate surface area is 310 Å². The van der Waals surface area contributed by atoms with Gasteiger partial charge in [-0.3, -0.25) is 19.2 Å². The Morgan fingerprint density at radius 1 is 0.830 bits per heavy atom. The molecule has 0 spiro atoms. The average molecular weight is 769 g/mol. The Morgan fingerprint density at radius 3 is 2.06 bits per heavy atom. The number of hydrogen-bond acceptors (Lipinski definition) is 13. The predicted molar refractivity (Wildman–Crippen MR) is 191 cm³/mol. The second-order valence-electron chi connectivity index (χ2n) is 13.1. The average Bonchev–Trinajstić information content (AvgIpc) is 3.41. The van der Waals surface area contributed by atoms with Crippen molar-refractivity contribution in [1.82, 2.24) is 30.0 Å². The molecule has 1 N–H and O–H groups in total. The topological polar surface area (TPSA) is 210 Å². The second kappa shape index (κ2) is 21.7. The van der Waals surface area contributed by atoms with Crippen molar-refractivity contribution in [2.45, 2.75) is 64.0 Å². The molecule has 1 fully saturated rings. The number of nitrogens with zero attached hydrogens (tertiary/aromatic N) is 5. The number of sulfone groups is 1. The van der Waals surface area contributed by atoms with Crippen LogP contribution in [-0.2, 0) is 50.0 Å². The van der Waals surface area contributed by atoms with Gasteiger partial charge in [-0.2, -0.15) is 0 Å². The number of carbonyl (C=O) groups is 7. The maximum absolute atomic E-state index is 13.2. The lowest BCUT2D eigenvalue weighted by molar-refractivity contribution is -0.198. The van der Waals surface area contributed by atoms with Crippen molar-refractivity contribution >= 4 is 51.6 Å². The van der Waals surface area contributed by atoms with Gasteiger partial charge < -0.3 is 39.2 Å². The number of ether oxygens (including phenoxy) is 2. The molecule has 296 valence electrons. The molecule has 1 aromatic carbocycles. The maximum Gasteiger partial charge on any atom is 0.415 e. The lowest BCUT2D eigenvalue weighted by Crippen LogP contribution is -2.49. The molecule has 0 bridgehead atoms. The number of imide groups is 1. The highest BCUT2D eigenvalue weighted by atomic mass is 32.2. The van der Waals surface area contributed by atoms with E-state index in [4.69, 9.17) is 14.3 Å². The standard InChI is InChI=1S/C34H52N6O12S/c1-36(2)20-21-38(4)34(47)51-26-14-12-25(13-15-26)24-50-33(46)37(3)19-10-18-35-32(45)27(23-31(44)52-40-29(42)16-17-30(40)43)39(5)28(41)11-8-7-9-22-53(6,48)49/h12-15,27H,7-11,16-24H2,1-6H3,(H,35,45)/t27-/m0/s1. The first-order valence-electron chi connectivity index (χ1n) is 17.2. The highest BCUT2D eigenvalue weighted by molar-refractivity contribution is 7.90. The van der Waals surface area contributed by atoms with Crippen molar-refractivity contribution in [1.29, 1.82) is 0 Å². The molecule has 0 radical (unpaired) electrons. The summed E-state index contributed by atoms with van der Waals surface area (Å²) in [4.78, 5) is 98.1. The first-order chi connectivity index (χ1) is 24.9. The number of hydroxylamine groups is 2. The van der Waals surface area contributed by atoms with E-state index in [9.17, 15) is 42.0 Å². The fraction of sp³-hybridized carbons (Fsp3) is 0.618. The molecular formula is C34H52N6O12S. The molecule has 0 aromatic heterocycles. The quantitative estimate of drug-likeness (QED) is 0.138. The summed E-state index contributed by atoms with van der Waals surface area (Å²) in [5.74, 6) is -3.31. The summed E-state index contributed by atoms with van der Waals surface area (Å²) in [5.41, 5.74) is 0.662. The molecule has 0 unspecified atom stereocenters. The van der Waals surface area contributed by atoms with E-state index in [1.807, 2.05) is 19.0 Å². The van der Waals surface area contributed by atoms with Crippen LogP contribution in [-0.4, -0.2) is 154 Å². The molecular weight excluding hydrogens is 716 g/mol. The van der Waals surface area contributed by atoms with Gasteiger partial charge in [-0.25, -0.2) is 22.8 Å². The van der Waals surface area contributed by atoms with Gasteiger partial charge in [-0.1, -0.05) is 18.6 Å². The summed E-state index contributed by atoms with van der Waals surface area (Å²) in [6.07, 6.45) is 0.583. The van der Waals surface area contributed by atoms with Gasteiger partial charge >= 0.3 is 18.2 Å². The van der Waals surface area contributed by atoms with E-state index >= 15 is 0 Å². The van der Waals surface area contributed by atoms with E-state index in [-0.39, 0.29) is 51.1 Å². The van der Waals surface area contributed by atoms with Gasteiger partial charge in [-0.05, 0) is 51.1 Å². The molecule has 2 rings (SSSR count). The van der Waals surface area contributed by atoms with E-state index in [0.29, 0.717) is 48.7 Å². The minimum absolute atomic E-state index is 0.0123. The zero-order chi connectivity index (χ0) is 39.7. The molecule has 1 aromatic rings. The number of benzene rings is 1. The van der Waals surface area contributed by atoms with Gasteiger partial charge in [0.05, 0.1) is 6.42 Å². The van der Waals surface area contributed by atoms with E-state index in [2.05, 4.69) is 5.32 Å². The predicted octanol–water partition coefficient (Wildman–Crippen LogP) is 1.18. The van der Waals surface area contributed by atoms with Crippen LogP contribution in [0.4, 0.5) is 9.59 Å². The number of nitrogens with one attached hydrogen (secondary N) is 1. The SMILES string of the molecule is CN(C)CCN(C)C(=O)Oc1ccc(COC(=O)N(C)CCCNC(=O)[C@H](CC(=O)ON2C(=O)CCC2=O)N(C)C(=O)CCCCCS(C)(=O)=O)cc1. The third kappa shape index (κ3) is 16.6. The fourth-order valence-corrected chi connectivity index (χ4v) is 5.52. The third-order valence-electron chi connectivity index (χ3n) is 8.09. The first kappa shape index (κ1) is 44.4. The van der Waals surface area contributed by atoms with Crippen molar-refractivity contribution < 1.29 is 56.3 Å². The van der Waals surface area contributed by atoms with Crippen LogP contribution in [0.5, 0.6) is 5.75 Å². The Hall–Kier alpha value is -4.78. The van der Waals surface area contributed by atoms with Crippen LogP contribution in [0.15, 0.2) is 24.3 Å². The van der Waals surface area contributed by atoms with Crippen LogP contribution in [0.2, 0.25) is 0 Å². The number of amides is 6. The number of carbonyl (C=O) groups excluding carboxylic acids is 7. The number of likely N-dealkylation sites (N-methyl/N-ethyl adjacent to an activating group) is 3. The summed E-state index contributed by atoms with van der Waals surface area (Å²) in [5, 5.41) is 3.00. The number of rotatable bonds is 21. The van der Waals surface area contributed by atoms with Crippen LogP contribution >= 0.6 is 0 Å². The molecule has 6 amide bonds. The Kier molecular flexibility index (Phi) is 18.2. The third-order valence-corrected chi connectivity index (χ3v) is 9.12. The summed E-state index contributed by atoms with van der Waals surface area (Å²) in [7, 11) is 5.16. The van der Waals surface area contributed by atoms with Gasteiger partial charge in [0.2, 0.25) is 11.8 Å². The highest BCUT2D eigenvalue weighted by Crippen LogP contribution is 2.16. The minimum Gasteiger partial charge on any atom is -0.445 e. The molecule has 1 saturated heterocycles. The van der Waals surface area contributed by atoms with Crippen LogP contribution in [0.25, 0.3) is 0 Å². The summed E-state index contributed by atoms with van der Waals surface area (Å²) in [6.45, 7) is 1.39. The van der Waals surface area contributed by atoms with Gasteiger partial charge in [-0.15, -0.1) is 5.06 Å². The zero-order valence-electron chi connectivity index (χ0n) is 31.3.